The lowest BCUT2D eigenvalue weighted by atomic mass is 10.0. The summed E-state index contributed by atoms with van der Waals surface area (Å²) in [5, 5.41) is 12.8. The molecule has 0 saturated heterocycles. The van der Waals surface area contributed by atoms with Crippen molar-refractivity contribution in [3.05, 3.63) is 273 Å². The first-order chi connectivity index (χ1) is 34.8. The molecular weight excluding hydrogens is 863 g/mol. The molecule has 4 heteroatoms. The Morgan fingerprint density at radius 3 is 1.23 bits per heavy atom. The Bertz CT molecular complexity index is 4130. The summed E-state index contributed by atoms with van der Waals surface area (Å²) in [5.74, 6) is 0. The van der Waals surface area contributed by atoms with Crippen LogP contribution in [0, 0.1) is 0 Å². The van der Waals surface area contributed by atoms with Crippen molar-refractivity contribution in [1.82, 2.24) is 13.7 Å². The molecule has 0 amide bonds. The molecule has 0 unspecified atom stereocenters. The Labute approximate surface area is 407 Å². The highest BCUT2D eigenvalue weighted by molar-refractivity contribution is 7.20. The molecule has 0 atom stereocenters. The first kappa shape index (κ1) is 40.1. The van der Waals surface area contributed by atoms with Crippen LogP contribution in [0.1, 0.15) is 0 Å². The van der Waals surface area contributed by atoms with Crippen molar-refractivity contribution in [2.24, 2.45) is 0 Å². The molecule has 0 bridgehead atoms. The molecule has 0 fully saturated rings. The molecule has 3 aromatic heterocycles. The van der Waals surface area contributed by atoms with Gasteiger partial charge in [-0.05, 0) is 74.8 Å². The first-order valence-corrected chi connectivity index (χ1v) is 26.2. The lowest BCUT2D eigenvalue weighted by Crippen LogP contribution is -2.74. The van der Waals surface area contributed by atoms with E-state index in [1.807, 2.05) is 0 Å². The molecular formula is C66H45N3Si. The van der Waals surface area contributed by atoms with Crippen LogP contribution < -0.4 is 20.7 Å². The zero-order valence-corrected chi connectivity index (χ0v) is 39.3. The molecule has 14 aromatic rings. The van der Waals surface area contributed by atoms with Crippen molar-refractivity contribution < 1.29 is 0 Å². The van der Waals surface area contributed by atoms with Gasteiger partial charge in [-0.3, -0.25) is 0 Å². The molecule has 0 radical (unpaired) electrons. The SMILES string of the molecule is c1ccc(-c2ccccc2-n2c3ccccc3c3cccc(-n4c5cccc(-n6c7ccccc7c7ccccc76)c5c5c([Si](c6ccccc6)(c6ccccc6)c6ccccc6)cccc54)c32)cc1. The van der Waals surface area contributed by atoms with Gasteiger partial charge in [0.25, 0.3) is 0 Å². The fraction of sp³-hybridized carbons (Fsp3) is 0. The lowest BCUT2D eigenvalue weighted by Gasteiger charge is -2.35. The quantitative estimate of drug-likeness (QED) is 0.107. The van der Waals surface area contributed by atoms with Gasteiger partial charge in [0.05, 0.1) is 50.2 Å². The van der Waals surface area contributed by atoms with E-state index < -0.39 is 8.07 Å². The summed E-state index contributed by atoms with van der Waals surface area (Å²) >= 11 is 0. The van der Waals surface area contributed by atoms with Crippen molar-refractivity contribution >= 4 is 94.2 Å². The van der Waals surface area contributed by atoms with Gasteiger partial charge < -0.3 is 13.7 Å². The van der Waals surface area contributed by atoms with Crippen molar-refractivity contribution in [2.75, 3.05) is 0 Å². The minimum absolute atomic E-state index is 1.12. The van der Waals surface area contributed by atoms with E-state index in [1.54, 1.807) is 0 Å². The summed E-state index contributed by atoms with van der Waals surface area (Å²) in [6.45, 7) is 0. The maximum absolute atomic E-state index is 3.10. The van der Waals surface area contributed by atoms with Gasteiger partial charge in [0.15, 0.2) is 8.07 Å². The third-order valence-electron chi connectivity index (χ3n) is 14.8. The molecule has 70 heavy (non-hydrogen) atoms. The van der Waals surface area contributed by atoms with E-state index in [4.69, 9.17) is 0 Å². The van der Waals surface area contributed by atoms with Crippen molar-refractivity contribution in [3.63, 3.8) is 0 Å². The third-order valence-corrected chi connectivity index (χ3v) is 19.6. The third kappa shape index (κ3) is 5.81. The predicted octanol–water partition coefficient (Wildman–Crippen LogP) is 14.0. The number of benzene rings is 11. The minimum atomic E-state index is -3.10. The van der Waals surface area contributed by atoms with Crippen LogP contribution in [0.5, 0.6) is 0 Å². The summed E-state index contributed by atoms with van der Waals surface area (Å²) in [5.41, 5.74) is 12.8. The summed E-state index contributed by atoms with van der Waals surface area (Å²) < 4.78 is 7.64. The standard InChI is InChI=1S/C66H45N3Si/c1-5-24-46(25-6-1)50-32-13-17-37-55(50)69-58-40-20-16-35-53(58)54-36-21-44-62(66(54)69)68-60-42-22-41-59(67-56-38-18-14-33-51(56)52-34-15-19-39-57(52)67)64(60)65-61(68)43-23-45-63(65)70(47-26-7-2-8-27-47,48-28-9-3-10-29-48)49-30-11-4-12-31-49/h1-45H. The molecule has 3 heterocycles. The van der Waals surface area contributed by atoms with E-state index in [-0.39, 0.29) is 0 Å². The van der Waals surface area contributed by atoms with Crippen LogP contribution in [0.4, 0.5) is 0 Å². The van der Waals surface area contributed by atoms with Crippen LogP contribution in [0.25, 0.3) is 93.6 Å². The first-order valence-electron chi connectivity index (χ1n) is 24.2. The van der Waals surface area contributed by atoms with Crippen molar-refractivity contribution in [2.45, 2.75) is 0 Å². The second-order valence-electron chi connectivity index (χ2n) is 18.3. The fourth-order valence-electron chi connectivity index (χ4n) is 12.0. The zero-order valence-electron chi connectivity index (χ0n) is 38.3. The van der Waals surface area contributed by atoms with Crippen LogP contribution in [0.2, 0.25) is 0 Å². The Balaban J connectivity index is 1.21. The van der Waals surface area contributed by atoms with Crippen LogP contribution >= 0.6 is 0 Å². The van der Waals surface area contributed by atoms with Gasteiger partial charge in [-0.2, -0.15) is 0 Å². The monoisotopic (exact) mass is 907 g/mol. The summed E-state index contributed by atoms with van der Waals surface area (Å²) in [6, 6.07) is 102. The maximum Gasteiger partial charge on any atom is 0.180 e. The number of aromatic nitrogens is 3. The van der Waals surface area contributed by atoms with Crippen molar-refractivity contribution in [3.8, 4) is 28.2 Å². The molecule has 0 N–H and O–H groups in total. The Morgan fingerprint density at radius 2 is 0.629 bits per heavy atom. The van der Waals surface area contributed by atoms with Gasteiger partial charge in [-0.1, -0.05) is 224 Å². The average Bonchev–Trinajstić information content (AvgIpc) is 4.09. The second kappa shape index (κ2) is 16.1. The molecule has 0 spiro atoms. The van der Waals surface area contributed by atoms with Crippen molar-refractivity contribution in [1.29, 1.82) is 0 Å². The molecule has 0 aliphatic rings. The van der Waals surface area contributed by atoms with Gasteiger partial charge in [0.2, 0.25) is 0 Å². The zero-order chi connectivity index (χ0) is 46.2. The molecule has 11 aromatic carbocycles. The number of fused-ring (bicyclic) bond motifs is 9. The van der Waals surface area contributed by atoms with E-state index >= 15 is 0 Å². The second-order valence-corrected chi connectivity index (χ2v) is 22.1. The fourth-order valence-corrected chi connectivity index (χ4v) is 17.0. The number of hydrogen-bond donors (Lipinski definition) is 0. The van der Waals surface area contributed by atoms with Gasteiger partial charge >= 0.3 is 0 Å². The Hall–Kier alpha value is -8.96. The lowest BCUT2D eigenvalue weighted by molar-refractivity contribution is 1.13. The highest BCUT2D eigenvalue weighted by atomic mass is 28.3. The summed E-state index contributed by atoms with van der Waals surface area (Å²) in [7, 11) is -3.10. The van der Waals surface area contributed by atoms with E-state index in [1.165, 1.54) is 86.3 Å². The topological polar surface area (TPSA) is 14.8 Å². The molecule has 0 aliphatic heterocycles. The number of hydrogen-bond acceptors (Lipinski definition) is 0. The van der Waals surface area contributed by atoms with Gasteiger partial charge in [0.1, 0.15) is 0 Å². The van der Waals surface area contributed by atoms with E-state index in [0.29, 0.717) is 0 Å². The van der Waals surface area contributed by atoms with Gasteiger partial charge in [-0.15, -0.1) is 0 Å². The van der Waals surface area contributed by atoms with Crippen LogP contribution in [0.3, 0.4) is 0 Å². The van der Waals surface area contributed by atoms with Gasteiger partial charge in [-0.25, -0.2) is 0 Å². The summed E-state index contributed by atoms with van der Waals surface area (Å²) in [4.78, 5) is 0. The van der Waals surface area contributed by atoms with Crippen LogP contribution in [-0.4, -0.2) is 21.8 Å². The molecule has 3 nitrogen and oxygen atoms in total. The van der Waals surface area contributed by atoms with E-state index in [9.17, 15) is 0 Å². The van der Waals surface area contributed by atoms with E-state index in [0.717, 1.165) is 28.1 Å². The largest absolute Gasteiger partial charge is 0.309 e. The summed E-state index contributed by atoms with van der Waals surface area (Å²) in [6.07, 6.45) is 0. The molecule has 0 aliphatic carbocycles. The predicted molar refractivity (Wildman–Crippen MR) is 299 cm³/mol. The van der Waals surface area contributed by atoms with Crippen LogP contribution in [-0.2, 0) is 0 Å². The Morgan fingerprint density at radius 1 is 0.243 bits per heavy atom. The number of para-hydroxylation sites is 5. The van der Waals surface area contributed by atoms with Crippen LogP contribution in [0.15, 0.2) is 273 Å². The number of nitrogens with zero attached hydrogens (tertiary/aromatic N) is 3. The Kier molecular flexibility index (Phi) is 9.23. The molecule has 14 rings (SSSR count). The average molecular weight is 908 g/mol. The van der Waals surface area contributed by atoms with Gasteiger partial charge in [0, 0.05) is 37.9 Å². The van der Waals surface area contributed by atoms with E-state index in [2.05, 4.69) is 287 Å². The smallest absolute Gasteiger partial charge is 0.180 e. The highest BCUT2D eigenvalue weighted by Gasteiger charge is 2.43. The normalized spacial score (nSPS) is 12.0. The minimum Gasteiger partial charge on any atom is -0.309 e. The molecule has 0 saturated carbocycles. The molecule has 328 valence electrons. The maximum atomic E-state index is 2.59. The number of rotatable bonds is 8. The highest BCUT2D eigenvalue weighted by Crippen LogP contribution is 2.44.